The molecular weight excluding hydrogens is 360 g/mol. The highest BCUT2D eigenvalue weighted by Crippen LogP contribution is 2.23. The minimum Gasteiger partial charge on any atom is -0.482 e. The van der Waals surface area contributed by atoms with Gasteiger partial charge in [-0.25, -0.2) is 9.59 Å². The third-order valence-corrected chi connectivity index (χ3v) is 4.82. The monoisotopic (exact) mass is 390 g/mol. The highest BCUT2D eigenvalue weighted by atomic mass is 16.6. The van der Waals surface area contributed by atoms with Gasteiger partial charge in [-0.05, 0) is 55.9 Å². The Kier molecular flexibility index (Phi) is 7.84. The third-order valence-electron chi connectivity index (χ3n) is 4.82. The molecule has 1 aliphatic rings. The third kappa shape index (κ3) is 6.55. The minimum atomic E-state index is -1.09. The SMILES string of the molecule is Cc1cc(OCC(=O)O[C@@H](C)C(=O)NC(=O)NC2CCCC2)ccc1C(C)C. The van der Waals surface area contributed by atoms with Crippen LogP contribution in [-0.2, 0) is 14.3 Å². The van der Waals surface area contributed by atoms with Crippen LogP contribution in [0.2, 0.25) is 0 Å². The van der Waals surface area contributed by atoms with Gasteiger partial charge >= 0.3 is 12.0 Å². The summed E-state index contributed by atoms with van der Waals surface area (Å²) in [5, 5.41) is 4.95. The molecular formula is C21H30N2O5. The molecule has 7 heteroatoms. The molecule has 1 saturated carbocycles. The van der Waals surface area contributed by atoms with Crippen molar-refractivity contribution in [2.75, 3.05) is 6.61 Å². The van der Waals surface area contributed by atoms with E-state index in [1.165, 1.54) is 12.5 Å². The van der Waals surface area contributed by atoms with Crippen LogP contribution in [-0.4, -0.2) is 36.7 Å². The lowest BCUT2D eigenvalue weighted by molar-refractivity contribution is -0.156. The van der Waals surface area contributed by atoms with Crippen LogP contribution >= 0.6 is 0 Å². The van der Waals surface area contributed by atoms with Crippen LogP contribution in [0.25, 0.3) is 0 Å². The van der Waals surface area contributed by atoms with E-state index in [1.807, 2.05) is 19.1 Å². The fourth-order valence-electron chi connectivity index (χ4n) is 3.32. The summed E-state index contributed by atoms with van der Waals surface area (Å²) in [5.41, 5.74) is 2.30. The summed E-state index contributed by atoms with van der Waals surface area (Å²) in [7, 11) is 0. The predicted molar refractivity (Wildman–Crippen MR) is 105 cm³/mol. The van der Waals surface area contributed by atoms with E-state index in [0.29, 0.717) is 11.7 Å². The molecule has 1 aliphatic carbocycles. The van der Waals surface area contributed by atoms with E-state index in [4.69, 9.17) is 9.47 Å². The van der Waals surface area contributed by atoms with E-state index in [2.05, 4.69) is 24.5 Å². The number of hydrogen-bond acceptors (Lipinski definition) is 5. The number of aryl methyl sites for hydroxylation is 1. The van der Waals surface area contributed by atoms with Gasteiger partial charge in [0, 0.05) is 6.04 Å². The summed E-state index contributed by atoms with van der Waals surface area (Å²) in [5.74, 6) is -0.374. The van der Waals surface area contributed by atoms with Gasteiger partial charge in [-0.3, -0.25) is 10.1 Å². The summed E-state index contributed by atoms with van der Waals surface area (Å²) in [6, 6.07) is 5.19. The first-order chi connectivity index (χ1) is 13.3. The first-order valence-electron chi connectivity index (χ1n) is 9.80. The van der Waals surface area contributed by atoms with Crippen molar-refractivity contribution in [2.45, 2.75) is 71.4 Å². The number of ether oxygens (including phenoxy) is 2. The van der Waals surface area contributed by atoms with Gasteiger partial charge in [0.25, 0.3) is 5.91 Å². The van der Waals surface area contributed by atoms with Crippen molar-refractivity contribution in [2.24, 2.45) is 0 Å². The summed E-state index contributed by atoms with van der Waals surface area (Å²) < 4.78 is 10.5. The van der Waals surface area contributed by atoms with Crippen molar-refractivity contribution in [3.63, 3.8) is 0 Å². The number of amides is 3. The highest BCUT2D eigenvalue weighted by molar-refractivity contribution is 5.97. The largest absolute Gasteiger partial charge is 0.482 e. The van der Waals surface area contributed by atoms with Gasteiger partial charge in [0.1, 0.15) is 5.75 Å². The van der Waals surface area contributed by atoms with Crippen molar-refractivity contribution < 1.29 is 23.9 Å². The number of benzene rings is 1. The second-order valence-electron chi connectivity index (χ2n) is 7.54. The molecule has 0 radical (unpaired) electrons. The lowest BCUT2D eigenvalue weighted by Crippen LogP contribution is -2.47. The molecule has 0 heterocycles. The van der Waals surface area contributed by atoms with E-state index in [9.17, 15) is 14.4 Å². The first-order valence-corrected chi connectivity index (χ1v) is 9.80. The van der Waals surface area contributed by atoms with Crippen molar-refractivity contribution in [3.05, 3.63) is 29.3 Å². The quantitative estimate of drug-likeness (QED) is 0.698. The number of rotatable bonds is 7. The van der Waals surface area contributed by atoms with Gasteiger partial charge in [-0.2, -0.15) is 0 Å². The number of urea groups is 1. The van der Waals surface area contributed by atoms with E-state index in [-0.39, 0.29) is 12.6 Å². The second-order valence-corrected chi connectivity index (χ2v) is 7.54. The summed E-state index contributed by atoms with van der Waals surface area (Å²) in [6.45, 7) is 7.31. The topological polar surface area (TPSA) is 93.7 Å². The first kappa shape index (κ1) is 21.7. The maximum atomic E-state index is 12.0. The van der Waals surface area contributed by atoms with Crippen LogP contribution in [0.3, 0.4) is 0 Å². The zero-order valence-electron chi connectivity index (χ0n) is 17.0. The molecule has 7 nitrogen and oxygen atoms in total. The Hall–Kier alpha value is -2.57. The zero-order valence-corrected chi connectivity index (χ0v) is 17.0. The molecule has 1 aromatic rings. The lowest BCUT2D eigenvalue weighted by Gasteiger charge is -2.16. The molecule has 0 saturated heterocycles. The Morgan fingerprint density at radius 1 is 1.14 bits per heavy atom. The number of imide groups is 1. The van der Waals surface area contributed by atoms with Gasteiger partial charge in [-0.1, -0.05) is 32.8 Å². The van der Waals surface area contributed by atoms with Crippen molar-refractivity contribution >= 4 is 17.9 Å². The van der Waals surface area contributed by atoms with Crippen molar-refractivity contribution in [3.8, 4) is 5.75 Å². The number of carbonyl (C=O) groups excluding carboxylic acids is 3. The molecule has 0 unspecified atom stereocenters. The molecule has 28 heavy (non-hydrogen) atoms. The van der Waals surface area contributed by atoms with E-state index >= 15 is 0 Å². The Morgan fingerprint density at radius 2 is 1.82 bits per heavy atom. The van der Waals surface area contributed by atoms with Gasteiger partial charge in [0.15, 0.2) is 12.7 Å². The Morgan fingerprint density at radius 3 is 2.43 bits per heavy atom. The molecule has 1 atom stereocenters. The summed E-state index contributed by atoms with van der Waals surface area (Å²) >= 11 is 0. The molecule has 0 bridgehead atoms. The number of hydrogen-bond donors (Lipinski definition) is 2. The van der Waals surface area contributed by atoms with Crippen LogP contribution in [0.1, 0.15) is 63.5 Å². The minimum absolute atomic E-state index is 0.101. The maximum Gasteiger partial charge on any atom is 0.344 e. The van der Waals surface area contributed by atoms with E-state index < -0.39 is 24.0 Å². The van der Waals surface area contributed by atoms with Crippen molar-refractivity contribution in [1.29, 1.82) is 0 Å². The van der Waals surface area contributed by atoms with Crippen LogP contribution in [0.5, 0.6) is 5.75 Å². The molecule has 0 aromatic heterocycles. The standard InChI is InChI=1S/C21H30N2O5/c1-13(2)18-10-9-17(11-14(18)3)27-12-19(24)28-15(4)20(25)23-21(26)22-16-7-5-6-8-16/h9-11,13,15-16H,5-8,12H2,1-4H3,(H2,22,23,25,26)/t15-/m0/s1. The number of nitrogens with one attached hydrogen (secondary N) is 2. The smallest absolute Gasteiger partial charge is 0.344 e. The van der Waals surface area contributed by atoms with Crippen LogP contribution in [0.15, 0.2) is 18.2 Å². The molecule has 1 fully saturated rings. The number of esters is 1. The lowest BCUT2D eigenvalue weighted by atomic mass is 9.98. The predicted octanol–water partition coefficient (Wildman–Crippen LogP) is 3.20. The Labute approximate surface area is 166 Å². The Bertz CT molecular complexity index is 711. The normalized spacial score (nSPS) is 15.2. The fourth-order valence-corrected chi connectivity index (χ4v) is 3.32. The van der Waals surface area contributed by atoms with Crippen molar-refractivity contribution in [1.82, 2.24) is 10.6 Å². The molecule has 0 spiro atoms. The van der Waals surface area contributed by atoms with Gasteiger partial charge in [-0.15, -0.1) is 0 Å². The molecule has 0 aliphatic heterocycles. The molecule has 2 rings (SSSR count). The van der Waals surface area contributed by atoms with Gasteiger partial charge < -0.3 is 14.8 Å². The number of carbonyl (C=O) groups is 3. The van der Waals surface area contributed by atoms with E-state index in [1.54, 1.807) is 6.07 Å². The average molecular weight is 390 g/mol. The van der Waals surface area contributed by atoms with Crippen LogP contribution in [0.4, 0.5) is 4.79 Å². The van der Waals surface area contributed by atoms with Gasteiger partial charge in [0.2, 0.25) is 0 Å². The molecule has 1 aromatic carbocycles. The molecule has 154 valence electrons. The molecule has 2 N–H and O–H groups in total. The van der Waals surface area contributed by atoms with Crippen LogP contribution < -0.4 is 15.4 Å². The fraction of sp³-hybridized carbons (Fsp3) is 0.571. The maximum absolute atomic E-state index is 12.0. The molecule has 3 amide bonds. The van der Waals surface area contributed by atoms with E-state index in [0.717, 1.165) is 31.2 Å². The average Bonchev–Trinajstić information content (AvgIpc) is 3.12. The second kappa shape index (κ2) is 10.1. The zero-order chi connectivity index (χ0) is 20.7. The van der Waals surface area contributed by atoms with Gasteiger partial charge in [0.05, 0.1) is 0 Å². The Balaban J connectivity index is 1.74. The summed E-state index contributed by atoms with van der Waals surface area (Å²) in [6.07, 6.45) is 2.90. The highest BCUT2D eigenvalue weighted by Gasteiger charge is 2.22. The summed E-state index contributed by atoms with van der Waals surface area (Å²) in [4.78, 5) is 35.7. The van der Waals surface area contributed by atoms with Crippen LogP contribution in [0, 0.1) is 6.92 Å².